The molecule has 0 unspecified atom stereocenters. The lowest BCUT2D eigenvalue weighted by atomic mass is 10.1. The topological polar surface area (TPSA) is 88.6 Å². The minimum atomic E-state index is -0.365. The summed E-state index contributed by atoms with van der Waals surface area (Å²) in [4.78, 5) is 42.6. The van der Waals surface area contributed by atoms with Crippen molar-refractivity contribution in [2.45, 2.75) is 13.3 Å². The fourth-order valence-electron chi connectivity index (χ4n) is 3.19. The Hall–Kier alpha value is -3.52. The van der Waals surface area contributed by atoms with Crippen molar-refractivity contribution < 1.29 is 19.1 Å². The van der Waals surface area contributed by atoms with E-state index in [1.807, 2.05) is 36.6 Å². The second kappa shape index (κ2) is 8.46. The number of imide groups is 1. The third kappa shape index (κ3) is 3.95. The lowest BCUT2D eigenvalue weighted by Crippen LogP contribution is -2.32. The molecule has 2 aromatic carbocycles. The van der Waals surface area contributed by atoms with Crippen LogP contribution in [0.5, 0.6) is 5.75 Å². The highest BCUT2D eigenvalue weighted by Crippen LogP contribution is 2.27. The molecule has 1 aliphatic rings. The first kappa shape index (κ1) is 19.8. The van der Waals surface area contributed by atoms with Crippen molar-refractivity contribution in [2.24, 2.45) is 0 Å². The van der Waals surface area contributed by atoms with Crippen LogP contribution < -0.4 is 10.1 Å². The number of hydrogen-bond acceptors (Lipinski definition) is 6. The predicted molar refractivity (Wildman–Crippen MR) is 114 cm³/mol. The molecule has 1 aromatic heterocycles. The van der Waals surface area contributed by atoms with Gasteiger partial charge in [0, 0.05) is 23.9 Å². The summed E-state index contributed by atoms with van der Waals surface area (Å²) in [6.45, 7) is 2.56. The van der Waals surface area contributed by atoms with Gasteiger partial charge in [0.25, 0.3) is 11.8 Å². The van der Waals surface area contributed by atoms with E-state index >= 15 is 0 Å². The molecule has 0 radical (unpaired) electrons. The number of thiazole rings is 1. The molecule has 30 heavy (non-hydrogen) atoms. The van der Waals surface area contributed by atoms with Gasteiger partial charge in [0.1, 0.15) is 5.75 Å². The van der Waals surface area contributed by atoms with Crippen molar-refractivity contribution >= 4 is 34.2 Å². The number of anilines is 1. The average molecular weight is 421 g/mol. The number of hydrogen-bond donors (Lipinski definition) is 1. The van der Waals surface area contributed by atoms with Crippen LogP contribution in [0.4, 0.5) is 5.13 Å². The molecule has 0 bridgehead atoms. The summed E-state index contributed by atoms with van der Waals surface area (Å²) in [7, 11) is 0. The van der Waals surface area contributed by atoms with Crippen LogP contribution in [0.25, 0.3) is 11.3 Å². The molecule has 2 heterocycles. The molecule has 7 nitrogen and oxygen atoms in total. The summed E-state index contributed by atoms with van der Waals surface area (Å²) in [6, 6.07) is 14.2. The van der Waals surface area contributed by atoms with E-state index in [1.165, 1.54) is 11.3 Å². The van der Waals surface area contributed by atoms with Gasteiger partial charge in [-0.15, -0.1) is 11.3 Å². The zero-order chi connectivity index (χ0) is 21.1. The second-order valence-corrected chi connectivity index (χ2v) is 7.46. The Morgan fingerprint density at radius 3 is 2.37 bits per heavy atom. The van der Waals surface area contributed by atoms with Crippen LogP contribution in [-0.2, 0) is 4.79 Å². The summed E-state index contributed by atoms with van der Waals surface area (Å²) < 4.78 is 5.43. The molecule has 0 fully saturated rings. The minimum Gasteiger partial charge on any atom is -0.494 e. The van der Waals surface area contributed by atoms with Crippen molar-refractivity contribution in [2.75, 3.05) is 18.5 Å². The number of amides is 3. The highest BCUT2D eigenvalue weighted by Gasteiger charge is 2.34. The van der Waals surface area contributed by atoms with Crippen LogP contribution in [0.3, 0.4) is 0 Å². The Bertz CT molecular complexity index is 1070. The van der Waals surface area contributed by atoms with E-state index < -0.39 is 0 Å². The van der Waals surface area contributed by atoms with Gasteiger partial charge < -0.3 is 10.1 Å². The Balaban J connectivity index is 1.34. The second-order valence-electron chi connectivity index (χ2n) is 6.60. The minimum absolute atomic E-state index is 0.00341. The molecule has 0 atom stereocenters. The van der Waals surface area contributed by atoms with Crippen LogP contribution in [0.1, 0.15) is 34.1 Å². The Labute approximate surface area is 177 Å². The Morgan fingerprint density at radius 2 is 1.73 bits per heavy atom. The zero-order valence-corrected chi connectivity index (χ0v) is 17.1. The molecule has 3 aromatic rings. The van der Waals surface area contributed by atoms with Crippen molar-refractivity contribution in [3.8, 4) is 17.0 Å². The number of aromatic nitrogens is 1. The molecule has 8 heteroatoms. The van der Waals surface area contributed by atoms with Crippen molar-refractivity contribution in [3.05, 3.63) is 65.0 Å². The predicted octanol–water partition coefficient (Wildman–Crippen LogP) is 3.83. The van der Waals surface area contributed by atoms with Gasteiger partial charge in [-0.25, -0.2) is 4.98 Å². The number of carbonyl (C=O) groups is 3. The van der Waals surface area contributed by atoms with Gasteiger partial charge in [0.05, 0.1) is 23.4 Å². The number of carbonyl (C=O) groups excluding carboxylic acids is 3. The van der Waals surface area contributed by atoms with Gasteiger partial charge in [-0.05, 0) is 43.3 Å². The molecule has 0 aliphatic carbocycles. The first-order valence-electron chi connectivity index (χ1n) is 9.50. The van der Waals surface area contributed by atoms with Gasteiger partial charge in [-0.3, -0.25) is 19.3 Å². The van der Waals surface area contributed by atoms with E-state index in [9.17, 15) is 14.4 Å². The van der Waals surface area contributed by atoms with Crippen LogP contribution in [0.15, 0.2) is 53.9 Å². The maximum Gasteiger partial charge on any atom is 0.261 e. The molecule has 152 valence electrons. The van der Waals surface area contributed by atoms with Crippen LogP contribution in [0, 0.1) is 0 Å². The summed E-state index contributed by atoms with van der Waals surface area (Å²) in [5.41, 5.74) is 2.42. The molecule has 1 N–H and O–H groups in total. The monoisotopic (exact) mass is 421 g/mol. The zero-order valence-electron chi connectivity index (χ0n) is 16.3. The maximum absolute atomic E-state index is 12.4. The standard InChI is InChI=1S/C22H19N3O4S/c1-2-29-15-9-7-14(8-10-15)18-13-30-22(23-18)24-19(26)11-12-25-20(27)16-5-3-4-6-17(16)21(25)28/h3-10,13H,2,11-12H2,1H3,(H,23,24,26). The fraction of sp³-hybridized carbons (Fsp3) is 0.182. The van der Waals surface area contributed by atoms with E-state index in [2.05, 4.69) is 10.3 Å². The average Bonchev–Trinajstić information content (AvgIpc) is 3.31. The van der Waals surface area contributed by atoms with E-state index in [0.29, 0.717) is 22.9 Å². The van der Waals surface area contributed by atoms with Gasteiger partial charge in [0.15, 0.2) is 5.13 Å². The van der Waals surface area contributed by atoms with E-state index in [-0.39, 0.29) is 30.7 Å². The summed E-state index contributed by atoms with van der Waals surface area (Å²) in [5.74, 6) is -0.247. The molecular weight excluding hydrogens is 402 g/mol. The molecule has 0 saturated carbocycles. The summed E-state index contributed by atoms with van der Waals surface area (Å²) in [5, 5.41) is 5.05. The van der Waals surface area contributed by atoms with Gasteiger partial charge >= 0.3 is 0 Å². The van der Waals surface area contributed by atoms with E-state index in [1.54, 1.807) is 24.3 Å². The third-order valence-corrected chi connectivity index (χ3v) is 5.41. The Kier molecular flexibility index (Phi) is 5.58. The molecule has 3 amide bonds. The summed E-state index contributed by atoms with van der Waals surface area (Å²) in [6.07, 6.45) is 0.00341. The third-order valence-electron chi connectivity index (χ3n) is 4.65. The largest absolute Gasteiger partial charge is 0.494 e. The van der Waals surface area contributed by atoms with Gasteiger partial charge in [0.2, 0.25) is 5.91 Å². The number of nitrogens with one attached hydrogen (secondary N) is 1. The number of fused-ring (bicyclic) bond motifs is 1. The van der Waals surface area contributed by atoms with Crippen molar-refractivity contribution in [1.82, 2.24) is 9.88 Å². The normalized spacial score (nSPS) is 12.8. The van der Waals surface area contributed by atoms with E-state index in [4.69, 9.17) is 4.74 Å². The maximum atomic E-state index is 12.4. The highest BCUT2D eigenvalue weighted by molar-refractivity contribution is 7.14. The Morgan fingerprint density at radius 1 is 1.07 bits per heavy atom. The quantitative estimate of drug-likeness (QED) is 0.586. The lowest BCUT2D eigenvalue weighted by Gasteiger charge is -2.12. The first-order valence-corrected chi connectivity index (χ1v) is 10.4. The number of benzene rings is 2. The fourth-order valence-corrected chi connectivity index (χ4v) is 3.93. The van der Waals surface area contributed by atoms with Crippen molar-refractivity contribution in [1.29, 1.82) is 0 Å². The summed E-state index contributed by atoms with van der Waals surface area (Å²) >= 11 is 1.31. The smallest absolute Gasteiger partial charge is 0.261 e. The van der Waals surface area contributed by atoms with Crippen LogP contribution >= 0.6 is 11.3 Å². The van der Waals surface area contributed by atoms with E-state index in [0.717, 1.165) is 21.9 Å². The first-order chi connectivity index (χ1) is 14.6. The highest BCUT2D eigenvalue weighted by atomic mass is 32.1. The SMILES string of the molecule is CCOc1ccc(-c2csc(NC(=O)CCN3C(=O)c4ccccc4C3=O)n2)cc1. The number of ether oxygens (including phenoxy) is 1. The molecular formula is C22H19N3O4S. The van der Waals surface area contributed by atoms with Gasteiger partial charge in [-0.1, -0.05) is 12.1 Å². The van der Waals surface area contributed by atoms with Crippen molar-refractivity contribution in [3.63, 3.8) is 0 Å². The number of rotatable bonds is 7. The number of nitrogens with zero attached hydrogens (tertiary/aromatic N) is 2. The lowest BCUT2D eigenvalue weighted by molar-refractivity contribution is -0.116. The molecule has 1 aliphatic heterocycles. The van der Waals surface area contributed by atoms with Crippen LogP contribution in [0.2, 0.25) is 0 Å². The molecule has 0 spiro atoms. The van der Waals surface area contributed by atoms with Crippen LogP contribution in [-0.4, -0.2) is 40.8 Å². The molecule has 0 saturated heterocycles. The molecule has 4 rings (SSSR count). The van der Waals surface area contributed by atoms with Gasteiger partial charge in [-0.2, -0.15) is 0 Å².